The van der Waals surface area contributed by atoms with Crippen LogP contribution in [0.2, 0.25) is 0 Å². The van der Waals surface area contributed by atoms with Crippen molar-refractivity contribution in [3.8, 4) is 0 Å². The van der Waals surface area contributed by atoms with Crippen LogP contribution in [0.1, 0.15) is 30.0 Å². The molecule has 0 aliphatic carbocycles. The number of hydrogen-bond acceptors (Lipinski definition) is 4. The lowest BCUT2D eigenvalue weighted by Crippen LogP contribution is -2.40. The van der Waals surface area contributed by atoms with Crippen LogP contribution in [0.15, 0.2) is 60.7 Å². The van der Waals surface area contributed by atoms with Crippen molar-refractivity contribution in [2.24, 2.45) is 0 Å². The average molecular weight is 327 g/mol. The molecule has 0 saturated heterocycles. The second kappa shape index (κ2) is 8.84. The van der Waals surface area contributed by atoms with E-state index in [2.05, 4.69) is 10.1 Å². The molecule has 0 aromatic heterocycles. The van der Waals surface area contributed by atoms with Gasteiger partial charge < -0.3 is 9.84 Å². The number of ether oxygens (including phenoxy) is 1. The summed E-state index contributed by atoms with van der Waals surface area (Å²) >= 11 is 0. The molecule has 2 aromatic carbocycles. The van der Waals surface area contributed by atoms with Crippen molar-refractivity contribution < 1.29 is 19.4 Å². The summed E-state index contributed by atoms with van der Waals surface area (Å²) in [6, 6.07) is 18.2. The number of carbonyl (C=O) groups is 2. The van der Waals surface area contributed by atoms with Gasteiger partial charge in [0, 0.05) is 6.42 Å². The van der Waals surface area contributed by atoms with E-state index in [1.54, 1.807) is 0 Å². The molecule has 0 radical (unpaired) electrons. The van der Waals surface area contributed by atoms with Gasteiger partial charge in [-0.2, -0.15) is 0 Å². The van der Waals surface area contributed by atoms with Gasteiger partial charge >= 0.3 is 11.9 Å². The highest BCUT2D eigenvalue weighted by Gasteiger charge is 2.24. The maximum Gasteiger partial charge on any atom is 0.320 e. The van der Waals surface area contributed by atoms with Gasteiger partial charge in [-0.15, -0.1) is 0 Å². The molecule has 0 spiro atoms. The van der Waals surface area contributed by atoms with Crippen LogP contribution >= 0.6 is 0 Å². The highest BCUT2D eigenvalue weighted by atomic mass is 16.5. The molecule has 0 unspecified atom stereocenters. The van der Waals surface area contributed by atoms with Gasteiger partial charge in [-0.25, -0.2) is 0 Å². The van der Waals surface area contributed by atoms with Crippen LogP contribution in [0.4, 0.5) is 0 Å². The number of methoxy groups -OCH3 is 1. The van der Waals surface area contributed by atoms with Crippen LogP contribution in [0.5, 0.6) is 0 Å². The van der Waals surface area contributed by atoms with Crippen LogP contribution in [-0.4, -0.2) is 30.2 Å². The Morgan fingerprint density at radius 3 is 1.92 bits per heavy atom. The first kappa shape index (κ1) is 17.7. The van der Waals surface area contributed by atoms with E-state index < -0.39 is 18.0 Å². The van der Waals surface area contributed by atoms with E-state index in [1.807, 2.05) is 60.7 Å². The van der Waals surface area contributed by atoms with E-state index in [-0.39, 0.29) is 18.9 Å². The average Bonchev–Trinajstić information content (AvgIpc) is 2.62. The number of benzene rings is 2. The zero-order chi connectivity index (χ0) is 17.4. The summed E-state index contributed by atoms with van der Waals surface area (Å²) < 4.78 is 4.59. The topological polar surface area (TPSA) is 75.6 Å². The molecular formula is C19H21NO4. The molecule has 2 rings (SSSR count). The van der Waals surface area contributed by atoms with Gasteiger partial charge in [0.2, 0.25) is 0 Å². The molecule has 0 heterocycles. The zero-order valence-electron chi connectivity index (χ0n) is 13.5. The number of carbonyl (C=O) groups excluding carboxylic acids is 1. The molecule has 5 heteroatoms. The minimum atomic E-state index is -0.990. The Kier molecular flexibility index (Phi) is 6.51. The third kappa shape index (κ3) is 4.93. The molecule has 5 nitrogen and oxygen atoms in total. The highest BCUT2D eigenvalue weighted by Crippen LogP contribution is 2.23. The summed E-state index contributed by atoms with van der Waals surface area (Å²) in [7, 11) is 1.29. The molecule has 0 aliphatic heterocycles. The van der Waals surface area contributed by atoms with Gasteiger partial charge in [0.15, 0.2) is 0 Å². The van der Waals surface area contributed by atoms with E-state index in [0.29, 0.717) is 0 Å². The number of esters is 1. The number of carboxylic acid groups (broad SMARTS) is 1. The fraction of sp³-hybridized carbons (Fsp3) is 0.263. The standard InChI is InChI=1S/C19H21NO4/c1-24-17(21)13-12-16(19(22)23)20-18(14-8-4-2-5-9-14)15-10-6-3-7-11-15/h2-11,16,18,20H,12-13H2,1H3,(H,22,23)/t16-/m0/s1. The first-order valence-electron chi connectivity index (χ1n) is 7.77. The summed E-state index contributed by atoms with van der Waals surface area (Å²) in [5, 5.41) is 12.6. The van der Waals surface area contributed by atoms with Crippen molar-refractivity contribution in [2.45, 2.75) is 24.9 Å². The lowest BCUT2D eigenvalue weighted by atomic mass is 9.97. The van der Waals surface area contributed by atoms with Gasteiger partial charge in [0.1, 0.15) is 6.04 Å². The van der Waals surface area contributed by atoms with Crippen molar-refractivity contribution >= 4 is 11.9 Å². The number of rotatable bonds is 8. The Balaban J connectivity index is 2.23. The summed E-state index contributed by atoms with van der Waals surface area (Å²) in [6.45, 7) is 0. The number of carboxylic acids is 1. The molecular weight excluding hydrogens is 306 g/mol. The third-order valence-corrected chi connectivity index (χ3v) is 3.80. The third-order valence-electron chi connectivity index (χ3n) is 3.80. The monoisotopic (exact) mass is 327 g/mol. The first-order chi connectivity index (χ1) is 11.6. The fourth-order valence-electron chi connectivity index (χ4n) is 2.52. The van der Waals surface area contributed by atoms with E-state index >= 15 is 0 Å². The van der Waals surface area contributed by atoms with Crippen LogP contribution < -0.4 is 5.32 Å². The van der Waals surface area contributed by atoms with Crippen molar-refractivity contribution in [1.82, 2.24) is 5.32 Å². The van der Waals surface area contributed by atoms with Gasteiger partial charge in [0.25, 0.3) is 0 Å². The van der Waals surface area contributed by atoms with E-state index in [9.17, 15) is 14.7 Å². The quantitative estimate of drug-likeness (QED) is 0.729. The van der Waals surface area contributed by atoms with Gasteiger partial charge in [-0.1, -0.05) is 60.7 Å². The molecule has 24 heavy (non-hydrogen) atoms. The van der Waals surface area contributed by atoms with E-state index in [0.717, 1.165) is 11.1 Å². The van der Waals surface area contributed by atoms with Crippen molar-refractivity contribution in [1.29, 1.82) is 0 Å². The molecule has 126 valence electrons. The highest BCUT2D eigenvalue weighted by molar-refractivity contribution is 5.75. The van der Waals surface area contributed by atoms with Crippen molar-refractivity contribution in [2.75, 3.05) is 7.11 Å². The predicted octanol–water partition coefficient (Wildman–Crippen LogP) is 2.77. The lowest BCUT2D eigenvalue weighted by molar-refractivity contribution is -0.142. The smallest absolute Gasteiger partial charge is 0.320 e. The largest absolute Gasteiger partial charge is 0.480 e. The van der Waals surface area contributed by atoms with Gasteiger partial charge in [-0.05, 0) is 17.5 Å². The second-order valence-corrected chi connectivity index (χ2v) is 5.43. The van der Waals surface area contributed by atoms with E-state index in [4.69, 9.17) is 0 Å². The summed E-state index contributed by atoms with van der Waals surface area (Å²) in [5.74, 6) is -1.41. The number of aliphatic carboxylic acids is 1. The molecule has 0 amide bonds. The fourth-order valence-corrected chi connectivity index (χ4v) is 2.52. The molecule has 2 aromatic rings. The Labute approximate surface area is 141 Å². The minimum Gasteiger partial charge on any atom is -0.480 e. The maximum atomic E-state index is 11.6. The van der Waals surface area contributed by atoms with Crippen LogP contribution in [0.25, 0.3) is 0 Å². The Bertz CT molecular complexity index is 618. The Morgan fingerprint density at radius 2 is 1.50 bits per heavy atom. The van der Waals surface area contributed by atoms with Gasteiger partial charge in [0.05, 0.1) is 13.2 Å². The summed E-state index contributed by atoms with van der Waals surface area (Å²) in [6.07, 6.45) is 0.217. The zero-order valence-corrected chi connectivity index (χ0v) is 13.5. The lowest BCUT2D eigenvalue weighted by Gasteiger charge is -2.24. The summed E-state index contributed by atoms with van der Waals surface area (Å²) in [5.41, 5.74) is 1.93. The van der Waals surface area contributed by atoms with Crippen LogP contribution in [-0.2, 0) is 14.3 Å². The minimum absolute atomic E-state index is 0.0523. The predicted molar refractivity (Wildman–Crippen MR) is 90.5 cm³/mol. The van der Waals surface area contributed by atoms with E-state index in [1.165, 1.54) is 7.11 Å². The SMILES string of the molecule is COC(=O)CC[C@H](NC(c1ccccc1)c1ccccc1)C(=O)O. The molecule has 2 N–H and O–H groups in total. The normalized spacial score (nSPS) is 11.9. The Morgan fingerprint density at radius 1 is 1.00 bits per heavy atom. The maximum absolute atomic E-state index is 11.6. The molecule has 0 fully saturated rings. The molecule has 1 atom stereocenters. The first-order valence-corrected chi connectivity index (χ1v) is 7.77. The van der Waals surface area contributed by atoms with Gasteiger partial charge in [-0.3, -0.25) is 14.9 Å². The van der Waals surface area contributed by atoms with Crippen LogP contribution in [0.3, 0.4) is 0 Å². The molecule has 0 bridgehead atoms. The summed E-state index contributed by atoms with van der Waals surface area (Å²) in [4.78, 5) is 22.9. The number of nitrogens with one attached hydrogen (secondary N) is 1. The molecule has 0 saturated carbocycles. The molecule has 0 aliphatic rings. The van der Waals surface area contributed by atoms with Crippen molar-refractivity contribution in [3.63, 3.8) is 0 Å². The van der Waals surface area contributed by atoms with Crippen molar-refractivity contribution in [3.05, 3.63) is 71.8 Å². The number of hydrogen-bond donors (Lipinski definition) is 2. The van der Waals surface area contributed by atoms with Crippen LogP contribution in [0, 0.1) is 0 Å². The second-order valence-electron chi connectivity index (χ2n) is 5.43. The Hall–Kier alpha value is -2.66.